The molecule has 0 N–H and O–H groups in total. The average molecular weight is 543 g/mol. The molecular weight excluding hydrogens is 494 g/mol. The van der Waals surface area contributed by atoms with Crippen molar-refractivity contribution in [1.82, 2.24) is 0 Å². The van der Waals surface area contributed by atoms with Gasteiger partial charge in [0.2, 0.25) is 5.82 Å². The summed E-state index contributed by atoms with van der Waals surface area (Å²) in [6, 6.07) is 11.1. The summed E-state index contributed by atoms with van der Waals surface area (Å²) in [5.74, 6) is -1.85. The van der Waals surface area contributed by atoms with E-state index in [0.29, 0.717) is 18.9 Å². The van der Waals surface area contributed by atoms with Crippen molar-refractivity contribution in [3.63, 3.8) is 0 Å². The highest BCUT2D eigenvalue weighted by molar-refractivity contribution is 5.90. The molecule has 2 aromatic rings. The summed E-state index contributed by atoms with van der Waals surface area (Å²) in [6.45, 7) is 4.86. The van der Waals surface area contributed by atoms with Crippen LogP contribution in [0.15, 0.2) is 36.4 Å². The summed E-state index contributed by atoms with van der Waals surface area (Å²) in [7, 11) is 0. The standard InChI is InChI=1S/C34H48F2O3/c1-3-5-7-8-9-11-24-38-31-22-21-30(32(35)33(31)36)34(37)39-25-23-27-15-19-29(20-16-27)28-17-13-26(14-18-28)12-10-6-4-2/h15-16,19-22,26,28H,3-14,17-18,23-25H2,1-2H3. The first-order valence-electron chi connectivity index (χ1n) is 15.4. The van der Waals surface area contributed by atoms with Gasteiger partial charge in [0.1, 0.15) is 0 Å². The molecule has 0 aliphatic heterocycles. The third kappa shape index (κ3) is 10.2. The minimum Gasteiger partial charge on any atom is -0.490 e. The molecule has 0 unspecified atom stereocenters. The van der Waals surface area contributed by atoms with Crippen LogP contribution < -0.4 is 4.74 Å². The number of halogens is 2. The van der Waals surface area contributed by atoms with Gasteiger partial charge in [0.05, 0.1) is 18.8 Å². The molecule has 0 amide bonds. The number of ether oxygens (including phenoxy) is 2. The van der Waals surface area contributed by atoms with Crippen molar-refractivity contribution in [3.05, 3.63) is 64.7 Å². The molecule has 5 heteroatoms. The van der Waals surface area contributed by atoms with E-state index in [1.807, 2.05) is 0 Å². The van der Waals surface area contributed by atoms with Crippen LogP contribution in [0.25, 0.3) is 0 Å². The van der Waals surface area contributed by atoms with Gasteiger partial charge in [0, 0.05) is 6.42 Å². The number of benzene rings is 2. The number of unbranched alkanes of at least 4 members (excludes halogenated alkanes) is 7. The Bertz CT molecular complexity index is 981. The molecular formula is C34H48F2O3. The van der Waals surface area contributed by atoms with E-state index < -0.39 is 23.2 Å². The van der Waals surface area contributed by atoms with Gasteiger partial charge in [0.15, 0.2) is 11.6 Å². The van der Waals surface area contributed by atoms with Crippen LogP contribution in [0.3, 0.4) is 0 Å². The SMILES string of the molecule is CCCCCCCCOc1ccc(C(=O)OCCc2ccc(C3CCC(CCCCC)CC3)cc2)c(F)c1F. The Morgan fingerprint density at radius 3 is 2.15 bits per heavy atom. The van der Waals surface area contributed by atoms with Crippen molar-refractivity contribution < 1.29 is 23.0 Å². The number of hydrogen-bond acceptors (Lipinski definition) is 3. The fourth-order valence-corrected chi connectivity index (χ4v) is 5.63. The van der Waals surface area contributed by atoms with Gasteiger partial charge in [-0.2, -0.15) is 4.39 Å². The Morgan fingerprint density at radius 2 is 1.44 bits per heavy atom. The topological polar surface area (TPSA) is 35.5 Å². The molecule has 0 saturated heterocycles. The van der Waals surface area contributed by atoms with Crippen LogP contribution in [-0.4, -0.2) is 19.2 Å². The molecule has 1 saturated carbocycles. The lowest BCUT2D eigenvalue weighted by molar-refractivity contribution is 0.0502. The molecule has 1 fully saturated rings. The van der Waals surface area contributed by atoms with Crippen molar-refractivity contribution in [2.24, 2.45) is 5.92 Å². The second kappa shape index (κ2) is 17.3. The summed E-state index contributed by atoms with van der Waals surface area (Å²) < 4.78 is 39.7. The van der Waals surface area contributed by atoms with Crippen molar-refractivity contribution in [2.45, 2.75) is 116 Å². The van der Waals surface area contributed by atoms with E-state index in [1.54, 1.807) is 0 Å². The molecule has 2 aromatic carbocycles. The summed E-state index contributed by atoms with van der Waals surface area (Å²) in [4.78, 5) is 12.4. The van der Waals surface area contributed by atoms with Crippen molar-refractivity contribution in [2.75, 3.05) is 13.2 Å². The maximum Gasteiger partial charge on any atom is 0.341 e. The Morgan fingerprint density at radius 1 is 0.769 bits per heavy atom. The van der Waals surface area contributed by atoms with Gasteiger partial charge in [-0.1, -0.05) is 95.9 Å². The molecule has 0 aromatic heterocycles. The summed E-state index contributed by atoms with van der Waals surface area (Å²) in [6.07, 6.45) is 17.6. The van der Waals surface area contributed by atoms with Gasteiger partial charge in [-0.25, -0.2) is 9.18 Å². The van der Waals surface area contributed by atoms with Crippen LogP contribution in [0.1, 0.15) is 131 Å². The van der Waals surface area contributed by atoms with Crippen LogP contribution in [-0.2, 0) is 11.2 Å². The molecule has 1 aliphatic rings. The Hall–Kier alpha value is -2.43. The van der Waals surface area contributed by atoms with E-state index >= 15 is 0 Å². The first kappa shape index (κ1) is 31.1. The normalized spacial score (nSPS) is 17.2. The number of hydrogen-bond donors (Lipinski definition) is 0. The molecule has 3 nitrogen and oxygen atoms in total. The average Bonchev–Trinajstić information content (AvgIpc) is 2.95. The maximum atomic E-state index is 14.5. The fraction of sp³-hybridized carbons (Fsp3) is 0.618. The lowest BCUT2D eigenvalue weighted by atomic mass is 9.77. The first-order chi connectivity index (χ1) is 19.0. The molecule has 39 heavy (non-hydrogen) atoms. The quantitative estimate of drug-likeness (QED) is 0.147. The van der Waals surface area contributed by atoms with E-state index in [2.05, 4.69) is 38.1 Å². The van der Waals surface area contributed by atoms with Crippen LogP contribution >= 0.6 is 0 Å². The summed E-state index contributed by atoms with van der Waals surface area (Å²) in [5, 5.41) is 0. The van der Waals surface area contributed by atoms with E-state index in [1.165, 1.54) is 88.3 Å². The van der Waals surface area contributed by atoms with Crippen molar-refractivity contribution in [1.29, 1.82) is 0 Å². The maximum absolute atomic E-state index is 14.5. The van der Waals surface area contributed by atoms with Crippen LogP contribution in [0.2, 0.25) is 0 Å². The molecule has 0 radical (unpaired) electrons. The number of carbonyl (C=O) groups is 1. The van der Waals surface area contributed by atoms with Crippen LogP contribution in [0, 0.1) is 17.6 Å². The number of rotatable bonds is 17. The molecule has 0 spiro atoms. The van der Waals surface area contributed by atoms with Gasteiger partial charge >= 0.3 is 5.97 Å². The third-order valence-electron chi connectivity index (χ3n) is 8.16. The highest BCUT2D eigenvalue weighted by atomic mass is 19.2. The summed E-state index contributed by atoms with van der Waals surface area (Å²) >= 11 is 0. The lowest BCUT2D eigenvalue weighted by Crippen LogP contribution is -2.13. The van der Waals surface area contributed by atoms with Crippen LogP contribution in [0.4, 0.5) is 8.78 Å². The molecule has 3 rings (SSSR count). The minimum atomic E-state index is -1.22. The predicted molar refractivity (Wildman–Crippen MR) is 154 cm³/mol. The van der Waals surface area contributed by atoms with E-state index in [4.69, 9.17) is 9.47 Å². The second-order valence-electron chi connectivity index (χ2n) is 11.2. The highest BCUT2D eigenvalue weighted by Crippen LogP contribution is 2.37. The van der Waals surface area contributed by atoms with Gasteiger partial charge in [0.25, 0.3) is 0 Å². The number of esters is 1. The van der Waals surface area contributed by atoms with E-state index in [0.717, 1.165) is 30.7 Å². The predicted octanol–water partition coefficient (Wildman–Crippen LogP) is 9.96. The highest BCUT2D eigenvalue weighted by Gasteiger charge is 2.23. The van der Waals surface area contributed by atoms with E-state index in [9.17, 15) is 13.6 Å². The largest absolute Gasteiger partial charge is 0.490 e. The van der Waals surface area contributed by atoms with Gasteiger partial charge in [-0.05, 0) is 67.2 Å². The van der Waals surface area contributed by atoms with Gasteiger partial charge < -0.3 is 9.47 Å². The van der Waals surface area contributed by atoms with Crippen molar-refractivity contribution >= 4 is 5.97 Å². The van der Waals surface area contributed by atoms with Crippen molar-refractivity contribution in [3.8, 4) is 5.75 Å². The molecule has 216 valence electrons. The molecule has 0 bridgehead atoms. The van der Waals surface area contributed by atoms with E-state index in [-0.39, 0.29) is 12.4 Å². The van der Waals surface area contributed by atoms with Crippen LogP contribution in [0.5, 0.6) is 5.75 Å². The van der Waals surface area contributed by atoms with Gasteiger partial charge in [-0.3, -0.25) is 0 Å². The third-order valence-corrected chi connectivity index (χ3v) is 8.16. The second-order valence-corrected chi connectivity index (χ2v) is 11.2. The zero-order valence-corrected chi connectivity index (χ0v) is 24.1. The number of carbonyl (C=O) groups excluding carboxylic acids is 1. The lowest BCUT2D eigenvalue weighted by Gasteiger charge is -2.29. The Kier molecular flexibility index (Phi) is 13.8. The molecule has 1 aliphatic carbocycles. The Labute approximate surface area is 234 Å². The zero-order valence-electron chi connectivity index (χ0n) is 24.1. The van der Waals surface area contributed by atoms with Gasteiger partial charge in [-0.15, -0.1) is 0 Å². The first-order valence-corrected chi connectivity index (χ1v) is 15.4. The smallest absolute Gasteiger partial charge is 0.341 e. The summed E-state index contributed by atoms with van der Waals surface area (Å²) in [5.41, 5.74) is 2.05. The Balaban J connectivity index is 1.39. The fourth-order valence-electron chi connectivity index (χ4n) is 5.63. The monoisotopic (exact) mass is 542 g/mol. The minimum absolute atomic E-state index is 0.110. The zero-order chi connectivity index (χ0) is 27.9. The molecule has 0 atom stereocenters. The molecule has 0 heterocycles.